The van der Waals surface area contributed by atoms with Crippen molar-refractivity contribution >= 4 is 34.6 Å². The van der Waals surface area contributed by atoms with Gasteiger partial charge < -0.3 is 25.2 Å². The Morgan fingerprint density at radius 2 is 2.10 bits per heavy atom. The van der Waals surface area contributed by atoms with Gasteiger partial charge >= 0.3 is 6.01 Å². The van der Waals surface area contributed by atoms with E-state index >= 15 is 0 Å². The maximum absolute atomic E-state index is 13.5. The van der Waals surface area contributed by atoms with Crippen molar-refractivity contribution in [1.82, 2.24) is 20.1 Å². The number of anilines is 2. The normalized spacial score (nSPS) is 13.4. The molecule has 0 spiro atoms. The molecule has 2 aromatic carbocycles. The monoisotopic (exact) mass is 430 g/mol. The van der Waals surface area contributed by atoms with Crippen LogP contribution in [-0.2, 0) is 12.1 Å². The van der Waals surface area contributed by atoms with Gasteiger partial charge in [0.25, 0.3) is 0 Å². The molecule has 2 heterocycles. The molecule has 4 rings (SSSR count). The number of imidazole rings is 1. The smallest absolute Gasteiger partial charge is 0.321 e. The number of fused-ring (bicyclic) bond motifs is 1. The molecule has 0 radical (unpaired) electrons. The van der Waals surface area contributed by atoms with Crippen LogP contribution in [0.1, 0.15) is 23.9 Å². The lowest BCUT2D eigenvalue weighted by atomic mass is 9.93. The summed E-state index contributed by atoms with van der Waals surface area (Å²) in [5, 5.41) is 20.0. The van der Waals surface area contributed by atoms with Crippen LogP contribution in [0.15, 0.2) is 40.9 Å². The fourth-order valence-corrected chi connectivity index (χ4v) is 3.32. The maximum Gasteiger partial charge on any atom is 0.321 e. The van der Waals surface area contributed by atoms with Crippen molar-refractivity contribution in [3.05, 3.63) is 64.2 Å². The predicted molar refractivity (Wildman–Crippen MR) is 112 cm³/mol. The van der Waals surface area contributed by atoms with E-state index in [1.165, 1.54) is 12.1 Å². The van der Waals surface area contributed by atoms with E-state index in [4.69, 9.17) is 16.1 Å². The average Bonchev–Trinajstić information content (AvgIpc) is 3.33. The number of hydrogen-bond acceptors (Lipinski definition) is 7. The molecule has 1 unspecified atom stereocenters. The van der Waals surface area contributed by atoms with E-state index in [1.54, 1.807) is 19.9 Å². The van der Waals surface area contributed by atoms with Crippen LogP contribution in [0.3, 0.4) is 0 Å². The van der Waals surface area contributed by atoms with Crippen LogP contribution in [0.25, 0.3) is 11.0 Å². The van der Waals surface area contributed by atoms with Crippen molar-refractivity contribution in [2.75, 3.05) is 17.2 Å². The quantitative estimate of drug-likeness (QED) is 0.351. The first-order valence-electron chi connectivity index (χ1n) is 9.24. The van der Waals surface area contributed by atoms with Gasteiger partial charge in [-0.1, -0.05) is 35.0 Å². The third-order valence-corrected chi connectivity index (χ3v) is 5.11. The molecule has 0 bridgehead atoms. The average molecular weight is 431 g/mol. The Kier molecular flexibility index (Phi) is 5.31. The van der Waals surface area contributed by atoms with Crippen molar-refractivity contribution in [2.45, 2.75) is 25.9 Å². The summed E-state index contributed by atoms with van der Waals surface area (Å²) in [5.41, 5.74) is 2.19. The van der Waals surface area contributed by atoms with Gasteiger partial charge in [0.05, 0.1) is 28.2 Å². The number of rotatable bonds is 7. The number of aliphatic hydroxyl groups is 1. The third kappa shape index (κ3) is 3.94. The zero-order valence-electron chi connectivity index (χ0n) is 16.3. The second-order valence-corrected chi connectivity index (χ2v) is 7.55. The van der Waals surface area contributed by atoms with Gasteiger partial charge in [0.1, 0.15) is 5.82 Å². The first-order valence-corrected chi connectivity index (χ1v) is 9.62. The lowest BCUT2D eigenvalue weighted by Gasteiger charge is -2.29. The molecule has 0 aliphatic carbocycles. The number of para-hydroxylation sites is 1. The number of aromatic nitrogens is 4. The highest BCUT2D eigenvalue weighted by Gasteiger charge is 2.28. The highest BCUT2D eigenvalue weighted by Crippen LogP contribution is 2.29. The van der Waals surface area contributed by atoms with Crippen molar-refractivity contribution in [2.24, 2.45) is 0 Å². The number of nitrogens with zero attached hydrogens (tertiary/aromatic N) is 3. The molecule has 0 amide bonds. The van der Waals surface area contributed by atoms with E-state index in [0.29, 0.717) is 29.9 Å². The molecule has 0 fully saturated rings. The topological polar surface area (TPSA) is 112 Å². The van der Waals surface area contributed by atoms with E-state index in [9.17, 15) is 9.50 Å². The molecule has 156 valence electrons. The second-order valence-electron chi connectivity index (χ2n) is 7.14. The van der Waals surface area contributed by atoms with Crippen LogP contribution < -0.4 is 10.6 Å². The summed E-state index contributed by atoms with van der Waals surface area (Å²) >= 11 is 5.92. The van der Waals surface area contributed by atoms with Crippen molar-refractivity contribution in [3.63, 3.8) is 0 Å². The molecular weight excluding hydrogens is 411 g/mol. The summed E-state index contributed by atoms with van der Waals surface area (Å²) in [5.74, 6) is 0.493. The highest BCUT2D eigenvalue weighted by atomic mass is 35.5. The highest BCUT2D eigenvalue weighted by molar-refractivity contribution is 6.30. The van der Waals surface area contributed by atoms with Gasteiger partial charge in [0.2, 0.25) is 5.95 Å². The molecule has 0 aliphatic heterocycles. The van der Waals surface area contributed by atoms with Crippen LogP contribution in [-0.4, -0.2) is 31.8 Å². The molecule has 10 heteroatoms. The van der Waals surface area contributed by atoms with Crippen molar-refractivity contribution in [3.8, 4) is 0 Å². The fourth-order valence-electron chi connectivity index (χ4n) is 3.14. The number of hydrogen-bond donors (Lipinski definition) is 4. The molecule has 2 aromatic heterocycles. The molecule has 0 aliphatic rings. The predicted octanol–water partition coefficient (Wildman–Crippen LogP) is 3.98. The Hall–Kier alpha value is -3.17. The Bertz CT molecular complexity index is 1190. The van der Waals surface area contributed by atoms with Gasteiger partial charge in [0.15, 0.2) is 5.82 Å². The van der Waals surface area contributed by atoms with Crippen LogP contribution in [0.4, 0.5) is 16.4 Å². The number of H-pyrrole nitrogens is 1. The molecule has 8 nitrogen and oxygen atoms in total. The lowest BCUT2D eigenvalue weighted by Crippen LogP contribution is -2.36. The largest absolute Gasteiger partial charge is 0.394 e. The van der Waals surface area contributed by atoms with Gasteiger partial charge in [-0.25, -0.2) is 9.37 Å². The van der Waals surface area contributed by atoms with E-state index in [2.05, 4.69) is 30.7 Å². The summed E-state index contributed by atoms with van der Waals surface area (Å²) in [6, 6.07) is 10.4. The van der Waals surface area contributed by atoms with Crippen LogP contribution in [0.5, 0.6) is 0 Å². The molecular formula is C20H20ClFN6O2. The van der Waals surface area contributed by atoms with Crippen LogP contribution in [0, 0.1) is 12.7 Å². The van der Waals surface area contributed by atoms with E-state index in [-0.39, 0.29) is 11.6 Å². The van der Waals surface area contributed by atoms with Crippen molar-refractivity contribution in [1.29, 1.82) is 0 Å². The number of nitrogens with one attached hydrogen (secondary N) is 3. The Balaban J connectivity index is 1.60. The lowest BCUT2D eigenvalue weighted by molar-refractivity contribution is 0.223. The number of aryl methyl sites for hydroxylation is 1. The Labute approximate surface area is 176 Å². The minimum Gasteiger partial charge on any atom is -0.394 e. The molecule has 1 atom stereocenters. The summed E-state index contributed by atoms with van der Waals surface area (Å²) in [4.78, 5) is 12.0. The molecule has 30 heavy (non-hydrogen) atoms. The molecule has 0 saturated carbocycles. The summed E-state index contributed by atoms with van der Waals surface area (Å²) in [6.45, 7) is 3.71. The summed E-state index contributed by atoms with van der Waals surface area (Å²) < 4.78 is 18.6. The Morgan fingerprint density at radius 1 is 1.27 bits per heavy atom. The molecule has 0 saturated heterocycles. The van der Waals surface area contributed by atoms with Gasteiger partial charge in [-0.05, 0) is 43.2 Å². The summed E-state index contributed by atoms with van der Waals surface area (Å²) in [7, 11) is 0. The Morgan fingerprint density at radius 3 is 2.80 bits per heavy atom. The molecule has 4 aromatic rings. The minimum atomic E-state index is -0.926. The standard InChI is InChI=1S/C20H20ClFN6O2/c1-11-24-19(30-28-11)23-9-12-4-3-5-16-17(12)26-18(25-16)27-20(2,10-29)13-6-7-15(22)14(21)8-13/h3-8,29H,9-10H2,1-2H3,(H,23,24,28)(H2,25,26,27). The minimum absolute atomic E-state index is 0.0109. The zero-order chi connectivity index (χ0) is 21.3. The maximum atomic E-state index is 13.5. The summed E-state index contributed by atoms with van der Waals surface area (Å²) in [6.07, 6.45) is 0. The van der Waals surface area contributed by atoms with E-state index < -0.39 is 11.4 Å². The van der Waals surface area contributed by atoms with E-state index in [0.717, 1.165) is 16.6 Å². The van der Waals surface area contributed by atoms with Crippen molar-refractivity contribution < 1.29 is 14.0 Å². The number of aliphatic hydroxyl groups excluding tert-OH is 1. The second kappa shape index (κ2) is 7.92. The third-order valence-electron chi connectivity index (χ3n) is 4.82. The number of benzene rings is 2. The fraction of sp³-hybridized carbons (Fsp3) is 0.250. The molecule has 4 N–H and O–H groups in total. The number of halogens is 2. The SMILES string of the molecule is Cc1noc(NCc2cccc3[nH]c(NC(C)(CO)c4ccc(F)c(Cl)c4)nc23)n1. The van der Waals surface area contributed by atoms with Gasteiger partial charge in [-0.3, -0.25) is 0 Å². The van der Waals surface area contributed by atoms with Crippen LogP contribution in [0.2, 0.25) is 5.02 Å². The zero-order valence-corrected chi connectivity index (χ0v) is 17.1. The van der Waals surface area contributed by atoms with Crippen LogP contribution >= 0.6 is 11.6 Å². The number of aromatic amines is 1. The van der Waals surface area contributed by atoms with E-state index in [1.807, 2.05) is 18.2 Å². The van der Waals surface area contributed by atoms with Gasteiger partial charge in [-0.15, -0.1) is 0 Å². The van der Waals surface area contributed by atoms with Gasteiger partial charge in [0, 0.05) is 6.54 Å². The van der Waals surface area contributed by atoms with Gasteiger partial charge in [-0.2, -0.15) is 4.98 Å². The first-order chi connectivity index (χ1) is 14.4. The first kappa shape index (κ1) is 20.1.